The Morgan fingerprint density at radius 1 is 1.20 bits per heavy atom. The predicted octanol–water partition coefficient (Wildman–Crippen LogP) is 3.64. The van der Waals surface area contributed by atoms with Crippen molar-refractivity contribution < 1.29 is 9.59 Å². The number of amides is 2. The first-order valence-corrected chi connectivity index (χ1v) is 9.50. The quantitative estimate of drug-likeness (QED) is 0.636. The number of nitrogens with one attached hydrogen (secondary N) is 1. The molecule has 5 heteroatoms. The molecule has 130 valence electrons. The van der Waals surface area contributed by atoms with E-state index in [1.165, 1.54) is 10.5 Å². The molecule has 0 atom stereocenters. The maximum Gasteiger partial charge on any atom is 0.251 e. The third kappa shape index (κ3) is 4.63. The average Bonchev–Trinajstić information content (AvgIpc) is 3.06. The molecular formula is C20H22N2O2S. The Bertz CT molecular complexity index is 759. The van der Waals surface area contributed by atoms with E-state index in [0.717, 1.165) is 24.4 Å². The van der Waals surface area contributed by atoms with Gasteiger partial charge in [-0.25, -0.2) is 0 Å². The molecule has 0 bridgehead atoms. The van der Waals surface area contributed by atoms with E-state index in [-0.39, 0.29) is 11.8 Å². The minimum absolute atomic E-state index is 0.0991. The van der Waals surface area contributed by atoms with Gasteiger partial charge < -0.3 is 10.2 Å². The second kappa shape index (κ2) is 8.21. The molecule has 2 amide bonds. The van der Waals surface area contributed by atoms with Crippen molar-refractivity contribution in [3.05, 3.63) is 59.7 Å². The number of anilines is 1. The van der Waals surface area contributed by atoms with Crippen molar-refractivity contribution in [1.29, 1.82) is 0 Å². The molecule has 2 aromatic rings. The van der Waals surface area contributed by atoms with E-state index in [4.69, 9.17) is 0 Å². The first-order chi connectivity index (χ1) is 12.1. The molecule has 1 aliphatic heterocycles. The number of rotatable bonds is 6. The Hall–Kier alpha value is -2.27. The van der Waals surface area contributed by atoms with Crippen LogP contribution >= 0.6 is 11.8 Å². The van der Waals surface area contributed by atoms with Gasteiger partial charge in [0.25, 0.3) is 5.91 Å². The third-order valence-electron chi connectivity index (χ3n) is 4.17. The topological polar surface area (TPSA) is 49.4 Å². The molecule has 0 saturated carbocycles. The largest absolute Gasteiger partial charge is 0.351 e. The van der Waals surface area contributed by atoms with Gasteiger partial charge in [-0.05, 0) is 43.7 Å². The Labute approximate surface area is 152 Å². The van der Waals surface area contributed by atoms with Gasteiger partial charge >= 0.3 is 0 Å². The van der Waals surface area contributed by atoms with Crippen molar-refractivity contribution in [3.63, 3.8) is 0 Å². The number of benzene rings is 2. The molecule has 1 saturated heterocycles. The molecule has 1 aliphatic rings. The Kier molecular flexibility index (Phi) is 5.76. The van der Waals surface area contributed by atoms with Crippen LogP contribution in [0.15, 0.2) is 53.4 Å². The van der Waals surface area contributed by atoms with Crippen molar-refractivity contribution in [3.8, 4) is 0 Å². The van der Waals surface area contributed by atoms with E-state index in [1.807, 2.05) is 12.1 Å². The maximum absolute atomic E-state index is 12.3. The molecular weight excluding hydrogens is 332 g/mol. The van der Waals surface area contributed by atoms with Crippen LogP contribution in [0, 0.1) is 6.92 Å². The van der Waals surface area contributed by atoms with Crippen LogP contribution < -0.4 is 10.2 Å². The number of hydrogen-bond donors (Lipinski definition) is 1. The smallest absolute Gasteiger partial charge is 0.251 e. The van der Waals surface area contributed by atoms with Crippen LogP contribution in [0.1, 0.15) is 28.8 Å². The van der Waals surface area contributed by atoms with Crippen LogP contribution in [0.25, 0.3) is 0 Å². The molecule has 3 rings (SSSR count). The lowest BCUT2D eigenvalue weighted by Gasteiger charge is -2.16. The second-order valence-corrected chi connectivity index (χ2v) is 7.29. The lowest BCUT2D eigenvalue weighted by molar-refractivity contribution is -0.117. The van der Waals surface area contributed by atoms with Crippen LogP contribution in [0.3, 0.4) is 0 Å². The number of aryl methyl sites for hydroxylation is 1. The van der Waals surface area contributed by atoms with Gasteiger partial charge in [0.05, 0.1) is 0 Å². The highest BCUT2D eigenvalue weighted by Gasteiger charge is 2.22. The van der Waals surface area contributed by atoms with Crippen LogP contribution in [0.4, 0.5) is 5.69 Å². The van der Waals surface area contributed by atoms with E-state index in [9.17, 15) is 9.59 Å². The van der Waals surface area contributed by atoms with E-state index in [2.05, 4.69) is 36.5 Å². The van der Waals surface area contributed by atoms with Gasteiger partial charge in [-0.2, -0.15) is 0 Å². The van der Waals surface area contributed by atoms with Crippen molar-refractivity contribution >= 4 is 29.3 Å². The summed E-state index contributed by atoms with van der Waals surface area (Å²) in [5.41, 5.74) is 2.65. The molecule has 0 aliphatic carbocycles. The standard InChI is InChI=1S/C20H22N2O2S/c1-15-7-9-18(10-8-15)25-13-11-21-20(24)16-4-2-5-17(14-16)22-12-3-6-19(22)23/h2,4-5,7-10,14H,3,6,11-13H2,1H3,(H,21,24). The molecule has 1 N–H and O–H groups in total. The van der Waals surface area contributed by atoms with Crippen LogP contribution in [0.5, 0.6) is 0 Å². The highest BCUT2D eigenvalue weighted by molar-refractivity contribution is 7.99. The fourth-order valence-electron chi connectivity index (χ4n) is 2.81. The Balaban J connectivity index is 1.51. The molecule has 1 fully saturated rings. The van der Waals surface area contributed by atoms with Crippen molar-refractivity contribution in [1.82, 2.24) is 5.32 Å². The fraction of sp³-hybridized carbons (Fsp3) is 0.300. The van der Waals surface area contributed by atoms with Crippen LogP contribution in [-0.4, -0.2) is 30.7 Å². The summed E-state index contributed by atoms with van der Waals surface area (Å²) in [4.78, 5) is 27.1. The van der Waals surface area contributed by atoms with E-state index < -0.39 is 0 Å². The zero-order chi connectivity index (χ0) is 17.6. The van der Waals surface area contributed by atoms with Crippen LogP contribution in [-0.2, 0) is 4.79 Å². The van der Waals surface area contributed by atoms with Crippen molar-refractivity contribution in [2.75, 3.05) is 23.7 Å². The van der Waals surface area contributed by atoms with E-state index in [0.29, 0.717) is 18.5 Å². The average molecular weight is 354 g/mol. The molecule has 0 aromatic heterocycles. The second-order valence-electron chi connectivity index (χ2n) is 6.12. The third-order valence-corrected chi connectivity index (χ3v) is 5.18. The molecule has 1 heterocycles. The van der Waals surface area contributed by atoms with E-state index >= 15 is 0 Å². The number of carbonyl (C=O) groups is 2. The highest BCUT2D eigenvalue weighted by Crippen LogP contribution is 2.22. The lowest BCUT2D eigenvalue weighted by atomic mass is 10.1. The summed E-state index contributed by atoms with van der Waals surface area (Å²) in [5.74, 6) is 0.851. The number of carbonyl (C=O) groups excluding carboxylic acids is 2. The molecule has 4 nitrogen and oxygen atoms in total. The monoisotopic (exact) mass is 354 g/mol. The summed E-state index contributed by atoms with van der Waals surface area (Å²) < 4.78 is 0. The summed E-state index contributed by atoms with van der Waals surface area (Å²) in [5, 5.41) is 2.95. The van der Waals surface area contributed by atoms with Crippen molar-refractivity contribution in [2.45, 2.75) is 24.7 Å². The van der Waals surface area contributed by atoms with Gasteiger partial charge in [0, 0.05) is 41.4 Å². The maximum atomic E-state index is 12.3. The summed E-state index contributed by atoms with van der Waals surface area (Å²) in [6, 6.07) is 15.7. The summed E-state index contributed by atoms with van der Waals surface area (Å²) in [7, 11) is 0. The number of hydrogen-bond acceptors (Lipinski definition) is 3. The van der Waals surface area contributed by atoms with Gasteiger partial charge in [0.1, 0.15) is 0 Å². The van der Waals surface area contributed by atoms with Gasteiger partial charge in [-0.1, -0.05) is 23.8 Å². The summed E-state index contributed by atoms with van der Waals surface area (Å²) in [6.07, 6.45) is 1.47. The molecule has 25 heavy (non-hydrogen) atoms. The molecule has 0 spiro atoms. The Morgan fingerprint density at radius 2 is 2.00 bits per heavy atom. The van der Waals surface area contributed by atoms with Gasteiger partial charge in [0.2, 0.25) is 5.91 Å². The van der Waals surface area contributed by atoms with Crippen molar-refractivity contribution in [2.24, 2.45) is 0 Å². The molecule has 0 radical (unpaired) electrons. The highest BCUT2D eigenvalue weighted by atomic mass is 32.2. The fourth-order valence-corrected chi connectivity index (χ4v) is 3.57. The van der Waals surface area contributed by atoms with Gasteiger partial charge in [-0.15, -0.1) is 11.8 Å². The van der Waals surface area contributed by atoms with Gasteiger partial charge in [-0.3, -0.25) is 9.59 Å². The zero-order valence-corrected chi connectivity index (χ0v) is 15.1. The number of nitrogens with zero attached hydrogens (tertiary/aromatic N) is 1. The van der Waals surface area contributed by atoms with Crippen LogP contribution in [0.2, 0.25) is 0 Å². The molecule has 2 aromatic carbocycles. The summed E-state index contributed by atoms with van der Waals surface area (Å²) in [6.45, 7) is 3.40. The first-order valence-electron chi connectivity index (χ1n) is 8.51. The SMILES string of the molecule is Cc1ccc(SCCNC(=O)c2cccc(N3CCCC3=O)c2)cc1. The van der Waals surface area contributed by atoms with Gasteiger partial charge in [0.15, 0.2) is 0 Å². The zero-order valence-electron chi connectivity index (χ0n) is 14.3. The minimum atomic E-state index is -0.0991. The summed E-state index contributed by atoms with van der Waals surface area (Å²) >= 11 is 1.72. The Morgan fingerprint density at radius 3 is 2.72 bits per heavy atom. The first kappa shape index (κ1) is 17.5. The lowest BCUT2D eigenvalue weighted by Crippen LogP contribution is -2.27. The molecule has 0 unspecified atom stereocenters. The van der Waals surface area contributed by atoms with E-state index in [1.54, 1.807) is 28.8 Å². The minimum Gasteiger partial charge on any atom is -0.351 e. The number of thioether (sulfide) groups is 1. The predicted molar refractivity (Wildman–Crippen MR) is 102 cm³/mol. The normalized spacial score (nSPS) is 14.0.